The fourth-order valence-electron chi connectivity index (χ4n) is 4.37. The molecule has 1 saturated carbocycles. The van der Waals surface area contributed by atoms with Crippen LogP contribution in [0.4, 0.5) is 5.69 Å². The lowest BCUT2D eigenvalue weighted by Gasteiger charge is -2.30. The third-order valence-electron chi connectivity index (χ3n) is 6.40. The molecule has 2 aromatic rings. The van der Waals surface area contributed by atoms with Gasteiger partial charge in [-0.2, -0.15) is 0 Å². The summed E-state index contributed by atoms with van der Waals surface area (Å²) in [6.07, 6.45) is 5.61. The second-order valence-electron chi connectivity index (χ2n) is 9.23. The zero-order valence-electron chi connectivity index (χ0n) is 20.6. The van der Waals surface area contributed by atoms with E-state index in [4.69, 9.17) is 23.2 Å². The molecule has 0 aromatic heterocycles. The van der Waals surface area contributed by atoms with Crippen molar-refractivity contribution in [3.63, 3.8) is 0 Å². The number of carbonyl (C=O) groups excluding carboxylic acids is 2. The van der Waals surface area contributed by atoms with Crippen LogP contribution in [0.5, 0.6) is 0 Å². The lowest BCUT2D eigenvalue weighted by Crippen LogP contribution is -2.49. The molecule has 2 amide bonds. The minimum Gasteiger partial charge on any atom is -0.352 e. The molecular formula is C26H33Cl2N3O4S. The molecular weight excluding hydrogens is 521 g/mol. The van der Waals surface area contributed by atoms with Crippen LogP contribution in [0.15, 0.2) is 48.5 Å². The highest BCUT2D eigenvalue weighted by atomic mass is 35.5. The van der Waals surface area contributed by atoms with E-state index in [1.54, 1.807) is 48.2 Å². The van der Waals surface area contributed by atoms with E-state index in [1.807, 2.05) is 12.1 Å². The van der Waals surface area contributed by atoms with E-state index in [9.17, 15) is 18.0 Å². The summed E-state index contributed by atoms with van der Waals surface area (Å²) >= 11 is 11.9. The molecule has 3 rings (SSSR count). The first-order chi connectivity index (χ1) is 17.0. The number of anilines is 1. The Kier molecular flexibility index (Phi) is 10.0. The Bertz CT molecular complexity index is 1130. The predicted octanol–water partition coefficient (Wildman–Crippen LogP) is 5.02. The standard InChI is InChI=1S/C26H33Cl2N3O4S/c1-19(26(33)29-23-6-3-4-7-23)30(18-20-9-11-21(27)12-10-20)25(32)8-5-17-31(36(2,34)35)24-15-13-22(28)14-16-24/h9-16,19,23H,3-8,17-18H2,1-2H3,(H,29,33)/t19-/m0/s1. The fraction of sp³-hybridized carbons (Fsp3) is 0.462. The topological polar surface area (TPSA) is 86.8 Å². The van der Waals surface area contributed by atoms with E-state index in [2.05, 4.69) is 5.32 Å². The highest BCUT2D eigenvalue weighted by Crippen LogP contribution is 2.22. The van der Waals surface area contributed by atoms with Gasteiger partial charge >= 0.3 is 0 Å². The van der Waals surface area contributed by atoms with Crippen molar-refractivity contribution in [1.82, 2.24) is 10.2 Å². The van der Waals surface area contributed by atoms with Crippen LogP contribution in [0.3, 0.4) is 0 Å². The molecule has 1 aliphatic carbocycles. The second kappa shape index (κ2) is 12.8. The van der Waals surface area contributed by atoms with E-state index >= 15 is 0 Å². The molecule has 196 valence electrons. The van der Waals surface area contributed by atoms with Gasteiger partial charge in [0.25, 0.3) is 0 Å². The molecule has 1 aliphatic rings. The van der Waals surface area contributed by atoms with Crippen LogP contribution in [0, 0.1) is 0 Å². The predicted molar refractivity (Wildman–Crippen MR) is 145 cm³/mol. The maximum absolute atomic E-state index is 13.3. The zero-order valence-corrected chi connectivity index (χ0v) is 23.0. The Morgan fingerprint density at radius 2 is 1.56 bits per heavy atom. The Labute approximate surface area is 223 Å². The van der Waals surface area contributed by atoms with E-state index in [1.165, 1.54) is 4.31 Å². The summed E-state index contributed by atoms with van der Waals surface area (Å²) < 4.78 is 26.0. The van der Waals surface area contributed by atoms with Gasteiger partial charge in [0.2, 0.25) is 21.8 Å². The number of hydrogen-bond acceptors (Lipinski definition) is 4. The average molecular weight is 555 g/mol. The molecule has 1 atom stereocenters. The summed E-state index contributed by atoms with van der Waals surface area (Å²) in [5.41, 5.74) is 1.34. The molecule has 0 bridgehead atoms. The second-order valence-corrected chi connectivity index (χ2v) is 12.0. The lowest BCUT2D eigenvalue weighted by atomic mass is 10.1. The van der Waals surface area contributed by atoms with E-state index in [0.29, 0.717) is 22.2 Å². The number of hydrogen-bond donors (Lipinski definition) is 1. The Morgan fingerprint density at radius 3 is 2.11 bits per heavy atom. The smallest absolute Gasteiger partial charge is 0.242 e. The van der Waals surface area contributed by atoms with E-state index in [-0.39, 0.29) is 37.4 Å². The SMILES string of the molecule is C[C@@H](C(=O)NC1CCCC1)N(Cc1ccc(Cl)cc1)C(=O)CCCN(c1ccc(Cl)cc1)S(C)(=O)=O. The van der Waals surface area contributed by atoms with Crippen LogP contribution in [0.1, 0.15) is 51.0 Å². The number of nitrogens with zero attached hydrogens (tertiary/aromatic N) is 2. The molecule has 36 heavy (non-hydrogen) atoms. The fourth-order valence-corrected chi connectivity index (χ4v) is 5.59. The van der Waals surface area contributed by atoms with Crippen molar-refractivity contribution in [2.75, 3.05) is 17.1 Å². The summed E-state index contributed by atoms with van der Waals surface area (Å²) in [7, 11) is -3.56. The largest absolute Gasteiger partial charge is 0.352 e. The number of rotatable bonds is 11. The number of nitrogens with one attached hydrogen (secondary N) is 1. The molecule has 0 radical (unpaired) electrons. The van der Waals surface area contributed by atoms with Gasteiger partial charge in [0.15, 0.2) is 0 Å². The minimum absolute atomic E-state index is 0.0915. The van der Waals surface area contributed by atoms with Gasteiger partial charge in [-0.25, -0.2) is 8.42 Å². The van der Waals surface area contributed by atoms with Crippen LogP contribution >= 0.6 is 23.2 Å². The molecule has 1 fully saturated rings. The lowest BCUT2D eigenvalue weighted by molar-refractivity contribution is -0.141. The van der Waals surface area contributed by atoms with Gasteiger partial charge in [-0.05, 0) is 68.1 Å². The van der Waals surface area contributed by atoms with E-state index < -0.39 is 16.1 Å². The van der Waals surface area contributed by atoms with Crippen molar-refractivity contribution < 1.29 is 18.0 Å². The minimum atomic E-state index is -3.56. The third-order valence-corrected chi connectivity index (χ3v) is 8.10. The third kappa shape index (κ3) is 8.11. The Morgan fingerprint density at radius 1 is 1.00 bits per heavy atom. The van der Waals surface area contributed by atoms with Crippen LogP contribution < -0.4 is 9.62 Å². The maximum atomic E-state index is 13.3. The van der Waals surface area contributed by atoms with Crippen LogP contribution in [-0.2, 0) is 26.2 Å². The number of benzene rings is 2. The Hall–Kier alpha value is -2.29. The van der Waals surface area contributed by atoms with Gasteiger partial charge in [0, 0.05) is 35.6 Å². The first kappa shape index (κ1) is 28.3. The summed E-state index contributed by atoms with van der Waals surface area (Å²) in [5.74, 6) is -0.397. The number of carbonyl (C=O) groups is 2. The summed E-state index contributed by atoms with van der Waals surface area (Å²) in [4.78, 5) is 27.9. The highest BCUT2D eigenvalue weighted by Gasteiger charge is 2.28. The van der Waals surface area contributed by atoms with E-state index in [0.717, 1.165) is 37.5 Å². The summed E-state index contributed by atoms with van der Waals surface area (Å²) in [6, 6.07) is 13.1. The van der Waals surface area contributed by atoms with Crippen molar-refractivity contribution in [3.8, 4) is 0 Å². The van der Waals surface area contributed by atoms with Crippen molar-refractivity contribution in [2.45, 2.75) is 64.1 Å². The number of halogens is 2. The van der Waals surface area contributed by atoms with Crippen molar-refractivity contribution in [2.24, 2.45) is 0 Å². The number of amides is 2. The number of sulfonamides is 1. The highest BCUT2D eigenvalue weighted by molar-refractivity contribution is 7.92. The molecule has 0 unspecified atom stereocenters. The molecule has 0 saturated heterocycles. The molecule has 0 spiro atoms. The van der Waals surface area contributed by atoms with Crippen molar-refractivity contribution >= 4 is 50.7 Å². The Balaban J connectivity index is 1.70. The summed E-state index contributed by atoms with van der Waals surface area (Å²) in [6.45, 7) is 2.11. The van der Waals surface area contributed by atoms with Gasteiger partial charge in [0.05, 0.1) is 11.9 Å². The molecule has 0 aliphatic heterocycles. The van der Waals surface area contributed by atoms with Crippen molar-refractivity contribution in [3.05, 3.63) is 64.1 Å². The van der Waals surface area contributed by atoms with Crippen LogP contribution in [-0.4, -0.2) is 50.0 Å². The monoisotopic (exact) mass is 553 g/mol. The van der Waals surface area contributed by atoms with Gasteiger partial charge < -0.3 is 10.2 Å². The van der Waals surface area contributed by atoms with Crippen LogP contribution in [0.25, 0.3) is 0 Å². The zero-order chi connectivity index (χ0) is 26.3. The van der Waals surface area contributed by atoms with Crippen molar-refractivity contribution in [1.29, 1.82) is 0 Å². The first-order valence-corrected chi connectivity index (χ1v) is 14.7. The first-order valence-electron chi connectivity index (χ1n) is 12.1. The van der Waals surface area contributed by atoms with Gasteiger partial charge in [0.1, 0.15) is 6.04 Å². The quantitative estimate of drug-likeness (QED) is 0.423. The maximum Gasteiger partial charge on any atom is 0.242 e. The average Bonchev–Trinajstić information content (AvgIpc) is 3.34. The molecule has 7 nitrogen and oxygen atoms in total. The molecule has 10 heteroatoms. The molecule has 0 heterocycles. The molecule has 2 aromatic carbocycles. The summed E-state index contributed by atoms with van der Waals surface area (Å²) in [5, 5.41) is 4.17. The molecule has 1 N–H and O–H groups in total. The normalized spacial score (nSPS) is 14.9. The van der Waals surface area contributed by atoms with Gasteiger partial charge in [-0.3, -0.25) is 13.9 Å². The van der Waals surface area contributed by atoms with Crippen LogP contribution in [0.2, 0.25) is 10.0 Å². The van der Waals surface area contributed by atoms with Gasteiger partial charge in [-0.15, -0.1) is 0 Å². The van der Waals surface area contributed by atoms with Gasteiger partial charge in [-0.1, -0.05) is 48.2 Å².